The normalized spacial score (nSPS) is 13.4. The molecule has 0 unspecified atom stereocenters. The Bertz CT molecular complexity index is 757. The number of thiophene rings is 1. The fourth-order valence-electron chi connectivity index (χ4n) is 3.35. The molecule has 1 aromatic rings. The molecular formula is C29H42S. The molecule has 0 aliphatic carbocycles. The highest BCUT2D eigenvalue weighted by atomic mass is 32.1. The molecule has 164 valence electrons. The molecule has 1 heterocycles. The quantitative estimate of drug-likeness (QED) is 0.207. The SMILES string of the molecule is CC#CCCC(C)=CCCC(C)=CCCC(C)=CCCC(C)=CCCc1ccsc1. The highest BCUT2D eigenvalue weighted by Crippen LogP contribution is 2.15. The lowest BCUT2D eigenvalue weighted by atomic mass is 10.0. The van der Waals surface area contributed by atoms with Gasteiger partial charge in [0.1, 0.15) is 0 Å². The van der Waals surface area contributed by atoms with E-state index in [0.29, 0.717) is 0 Å². The highest BCUT2D eigenvalue weighted by molar-refractivity contribution is 7.07. The topological polar surface area (TPSA) is 0 Å². The predicted octanol–water partition coefficient (Wildman–Crippen LogP) is 9.61. The summed E-state index contributed by atoms with van der Waals surface area (Å²) in [6.07, 6.45) is 21.1. The zero-order valence-electron chi connectivity index (χ0n) is 20.0. The first kappa shape index (κ1) is 26.3. The monoisotopic (exact) mass is 422 g/mol. The van der Waals surface area contributed by atoms with E-state index in [2.05, 4.69) is 80.7 Å². The smallest absolute Gasteiger partial charge is 0.0126 e. The Morgan fingerprint density at radius 2 is 1.27 bits per heavy atom. The number of allylic oxidation sites excluding steroid dienone is 8. The van der Waals surface area contributed by atoms with Crippen molar-refractivity contribution < 1.29 is 0 Å². The zero-order valence-corrected chi connectivity index (χ0v) is 20.8. The van der Waals surface area contributed by atoms with Crippen molar-refractivity contribution in [2.45, 2.75) is 98.8 Å². The molecule has 0 bridgehead atoms. The fraction of sp³-hybridized carbons (Fsp3) is 0.517. The van der Waals surface area contributed by atoms with E-state index in [1.165, 1.54) is 66.4 Å². The van der Waals surface area contributed by atoms with Gasteiger partial charge in [0, 0.05) is 6.42 Å². The Labute approximate surface area is 190 Å². The van der Waals surface area contributed by atoms with Gasteiger partial charge in [-0.25, -0.2) is 0 Å². The van der Waals surface area contributed by atoms with Crippen LogP contribution in [0.5, 0.6) is 0 Å². The second kappa shape index (κ2) is 17.0. The fourth-order valence-corrected chi connectivity index (χ4v) is 4.05. The second-order valence-corrected chi connectivity index (χ2v) is 9.20. The van der Waals surface area contributed by atoms with Gasteiger partial charge in [-0.2, -0.15) is 11.3 Å². The van der Waals surface area contributed by atoms with Gasteiger partial charge in [-0.05, 0) is 115 Å². The maximum atomic E-state index is 3.14. The van der Waals surface area contributed by atoms with Gasteiger partial charge >= 0.3 is 0 Å². The van der Waals surface area contributed by atoms with Crippen molar-refractivity contribution in [3.8, 4) is 11.8 Å². The van der Waals surface area contributed by atoms with Crippen molar-refractivity contribution in [3.63, 3.8) is 0 Å². The first-order valence-electron chi connectivity index (χ1n) is 11.5. The van der Waals surface area contributed by atoms with Crippen LogP contribution in [0.1, 0.15) is 98.0 Å². The van der Waals surface area contributed by atoms with Crippen molar-refractivity contribution in [1.82, 2.24) is 0 Å². The number of hydrogen-bond acceptors (Lipinski definition) is 1. The van der Waals surface area contributed by atoms with Crippen LogP contribution in [0, 0.1) is 11.8 Å². The van der Waals surface area contributed by atoms with Gasteiger partial charge in [-0.1, -0.05) is 46.6 Å². The predicted molar refractivity (Wildman–Crippen MR) is 138 cm³/mol. The first-order valence-corrected chi connectivity index (χ1v) is 12.5. The minimum Gasteiger partial charge on any atom is -0.152 e. The molecule has 0 aliphatic heterocycles. The lowest BCUT2D eigenvalue weighted by Crippen LogP contribution is -1.83. The van der Waals surface area contributed by atoms with Gasteiger partial charge in [0.05, 0.1) is 0 Å². The Kier molecular flexibility index (Phi) is 14.8. The third-order valence-electron chi connectivity index (χ3n) is 5.42. The van der Waals surface area contributed by atoms with Gasteiger partial charge < -0.3 is 0 Å². The molecule has 0 amide bonds. The first-order chi connectivity index (χ1) is 14.5. The molecule has 30 heavy (non-hydrogen) atoms. The Morgan fingerprint density at radius 1 is 0.767 bits per heavy atom. The van der Waals surface area contributed by atoms with E-state index in [1.54, 1.807) is 11.3 Å². The van der Waals surface area contributed by atoms with Crippen LogP contribution >= 0.6 is 11.3 Å². The summed E-state index contributed by atoms with van der Waals surface area (Å²) in [7, 11) is 0. The number of hydrogen-bond donors (Lipinski definition) is 0. The maximum Gasteiger partial charge on any atom is 0.0126 e. The van der Waals surface area contributed by atoms with Gasteiger partial charge in [0.25, 0.3) is 0 Å². The molecule has 0 aliphatic rings. The number of aryl methyl sites for hydroxylation is 1. The van der Waals surface area contributed by atoms with E-state index in [1.807, 2.05) is 6.92 Å². The van der Waals surface area contributed by atoms with E-state index < -0.39 is 0 Å². The molecule has 0 N–H and O–H groups in total. The molecule has 0 saturated carbocycles. The van der Waals surface area contributed by atoms with Gasteiger partial charge in [-0.3, -0.25) is 0 Å². The van der Waals surface area contributed by atoms with E-state index in [-0.39, 0.29) is 0 Å². The van der Waals surface area contributed by atoms with Crippen LogP contribution in [0.4, 0.5) is 0 Å². The Morgan fingerprint density at radius 3 is 1.73 bits per heavy atom. The van der Waals surface area contributed by atoms with Gasteiger partial charge in [-0.15, -0.1) is 11.8 Å². The maximum absolute atomic E-state index is 3.14. The largest absolute Gasteiger partial charge is 0.152 e. The summed E-state index contributed by atoms with van der Waals surface area (Å²) in [5, 5.41) is 4.42. The lowest BCUT2D eigenvalue weighted by Gasteiger charge is -2.03. The minimum atomic E-state index is 0.990. The molecule has 0 radical (unpaired) electrons. The van der Waals surface area contributed by atoms with Crippen molar-refractivity contribution in [3.05, 3.63) is 69.0 Å². The van der Waals surface area contributed by atoms with Crippen LogP contribution in [0.15, 0.2) is 63.4 Å². The van der Waals surface area contributed by atoms with Crippen LogP contribution in [0.25, 0.3) is 0 Å². The Hall–Kier alpha value is -1.78. The molecular weight excluding hydrogens is 380 g/mol. The van der Waals surface area contributed by atoms with Crippen LogP contribution < -0.4 is 0 Å². The standard InChI is InChI=1S/C29H42S/c1-6-7-8-13-25(2)14-9-15-26(3)16-10-17-27(4)18-11-19-28(5)20-12-21-29-22-23-30-24-29/h14,16,18,20,22-24H,8-13,15,17,19,21H2,1-5H3. The molecule has 0 fully saturated rings. The highest BCUT2D eigenvalue weighted by Gasteiger charge is 1.95. The van der Waals surface area contributed by atoms with E-state index in [9.17, 15) is 0 Å². The second-order valence-electron chi connectivity index (χ2n) is 8.41. The third kappa shape index (κ3) is 14.2. The lowest BCUT2D eigenvalue weighted by molar-refractivity contribution is 0.889. The zero-order chi connectivity index (χ0) is 22.0. The molecule has 1 heteroatoms. The van der Waals surface area contributed by atoms with E-state index in [0.717, 1.165) is 25.7 Å². The summed E-state index contributed by atoms with van der Waals surface area (Å²) in [4.78, 5) is 0. The molecule has 0 saturated heterocycles. The molecule has 0 nitrogen and oxygen atoms in total. The van der Waals surface area contributed by atoms with Crippen LogP contribution in [-0.4, -0.2) is 0 Å². The minimum absolute atomic E-state index is 0.990. The van der Waals surface area contributed by atoms with E-state index >= 15 is 0 Å². The third-order valence-corrected chi connectivity index (χ3v) is 6.15. The summed E-state index contributed by atoms with van der Waals surface area (Å²) in [5.74, 6) is 6.11. The summed E-state index contributed by atoms with van der Waals surface area (Å²) in [6, 6.07) is 2.23. The van der Waals surface area contributed by atoms with Gasteiger partial charge in [0.15, 0.2) is 0 Å². The molecule has 1 rings (SSSR count). The molecule has 0 spiro atoms. The average Bonchev–Trinajstić information content (AvgIpc) is 3.22. The summed E-state index contributed by atoms with van der Waals surface area (Å²) < 4.78 is 0. The van der Waals surface area contributed by atoms with Crippen molar-refractivity contribution in [1.29, 1.82) is 0 Å². The van der Waals surface area contributed by atoms with Crippen molar-refractivity contribution in [2.75, 3.05) is 0 Å². The Balaban J connectivity index is 2.18. The molecule has 0 aromatic carbocycles. The summed E-state index contributed by atoms with van der Waals surface area (Å²) >= 11 is 1.79. The average molecular weight is 423 g/mol. The van der Waals surface area contributed by atoms with Crippen LogP contribution in [0.2, 0.25) is 0 Å². The van der Waals surface area contributed by atoms with Crippen LogP contribution in [-0.2, 0) is 6.42 Å². The van der Waals surface area contributed by atoms with Crippen molar-refractivity contribution >= 4 is 11.3 Å². The van der Waals surface area contributed by atoms with Gasteiger partial charge in [0.2, 0.25) is 0 Å². The molecule has 1 aromatic heterocycles. The number of rotatable bonds is 14. The summed E-state index contributed by atoms with van der Waals surface area (Å²) in [6.45, 7) is 11.0. The van der Waals surface area contributed by atoms with Crippen LogP contribution in [0.3, 0.4) is 0 Å². The summed E-state index contributed by atoms with van der Waals surface area (Å²) in [5.41, 5.74) is 7.51. The van der Waals surface area contributed by atoms with E-state index in [4.69, 9.17) is 0 Å². The molecule has 0 atom stereocenters. The van der Waals surface area contributed by atoms with Crippen molar-refractivity contribution in [2.24, 2.45) is 0 Å².